The minimum atomic E-state index is -0.291. The SMILES string of the molecule is N#Cc1ccc(NC(=O)CSc2n[nH]c(=O)n2CCc2ccccc2)cc1. The van der Waals surface area contributed by atoms with Gasteiger partial charge in [0.1, 0.15) is 0 Å². The standard InChI is InChI=1S/C19H17N5O2S/c20-12-15-6-8-16(9-7-15)21-17(25)13-27-19-23-22-18(26)24(19)11-10-14-4-2-1-3-5-14/h1-9H,10-11,13H2,(H,21,25)(H,22,26). The van der Waals surface area contributed by atoms with Crippen molar-refractivity contribution in [1.82, 2.24) is 14.8 Å². The predicted octanol–water partition coefficient (Wildman–Crippen LogP) is 2.42. The molecule has 0 unspecified atom stereocenters. The zero-order chi connectivity index (χ0) is 19.1. The molecule has 136 valence electrons. The van der Waals surface area contributed by atoms with Gasteiger partial charge in [-0.3, -0.25) is 9.36 Å². The maximum atomic E-state index is 12.1. The van der Waals surface area contributed by atoms with Crippen LogP contribution in [-0.4, -0.2) is 26.4 Å². The Morgan fingerprint density at radius 2 is 1.93 bits per heavy atom. The second-order valence-corrected chi connectivity index (χ2v) is 6.67. The van der Waals surface area contributed by atoms with Crippen molar-refractivity contribution in [1.29, 1.82) is 5.26 Å². The molecule has 0 saturated carbocycles. The lowest BCUT2D eigenvalue weighted by molar-refractivity contribution is -0.113. The van der Waals surface area contributed by atoms with Gasteiger partial charge >= 0.3 is 5.69 Å². The van der Waals surface area contributed by atoms with E-state index in [1.165, 1.54) is 16.3 Å². The van der Waals surface area contributed by atoms with Gasteiger partial charge in [0.05, 0.1) is 17.4 Å². The predicted molar refractivity (Wildman–Crippen MR) is 104 cm³/mol. The molecule has 2 aromatic carbocycles. The first-order valence-corrected chi connectivity index (χ1v) is 9.26. The second-order valence-electron chi connectivity index (χ2n) is 5.72. The molecule has 3 aromatic rings. The molecule has 0 radical (unpaired) electrons. The van der Waals surface area contributed by atoms with Crippen LogP contribution in [0.15, 0.2) is 64.5 Å². The summed E-state index contributed by atoms with van der Waals surface area (Å²) in [6.45, 7) is 0.485. The summed E-state index contributed by atoms with van der Waals surface area (Å²) >= 11 is 1.19. The molecular formula is C19H17N5O2S. The molecule has 0 fully saturated rings. The zero-order valence-electron chi connectivity index (χ0n) is 14.4. The number of nitriles is 1. The van der Waals surface area contributed by atoms with Gasteiger partial charge in [0, 0.05) is 12.2 Å². The number of aryl methyl sites for hydroxylation is 1. The molecular weight excluding hydrogens is 362 g/mol. The highest BCUT2D eigenvalue weighted by Gasteiger charge is 2.12. The molecule has 0 aliphatic heterocycles. The molecule has 8 heteroatoms. The van der Waals surface area contributed by atoms with Crippen molar-refractivity contribution in [2.45, 2.75) is 18.1 Å². The fourth-order valence-electron chi connectivity index (χ4n) is 2.45. The first kappa shape index (κ1) is 18.5. The Labute approximate surface area is 160 Å². The summed E-state index contributed by atoms with van der Waals surface area (Å²) in [5, 5.41) is 18.5. The zero-order valence-corrected chi connectivity index (χ0v) is 15.2. The number of aromatic amines is 1. The number of carbonyl (C=O) groups is 1. The Kier molecular flexibility index (Phi) is 6.07. The monoisotopic (exact) mass is 379 g/mol. The van der Waals surface area contributed by atoms with Gasteiger partial charge in [0.2, 0.25) is 5.91 Å². The maximum Gasteiger partial charge on any atom is 0.343 e. The van der Waals surface area contributed by atoms with Crippen LogP contribution in [0, 0.1) is 11.3 Å². The molecule has 7 nitrogen and oxygen atoms in total. The van der Waals surface area contributed by atoms with E-state index < -0.39 is 0 Å². The summed E-state index contributed by atoms with van der Waals surface area (Å²) in [6, 6.07) is 18.5. The molecule has 0 atom stereocenters. The van der Waals surface area contributed by atoms with E-state index >= 15 is 0 Å². The van der Waals surface area contributed by atoms with Crippen LogP contribution >= 0.6 is 11.8 Å². The number of H-pyrrole nitrogens is 1. The molecule has 0 bridgehead atoms. The van der Waals surface area contributed by atoms with E-state index in [1.807, 2.05) is 36.4 Å². The van der Waals surface area contributed by atoms with Gasteiger partial charge in [0.25, 0.3) is 0 Å². The van der Waals surface area contributed by atoms with Crippen LogP contribution in [0.2, 0.25) is 0 Å². The number of anilines is 1. The lowest BCUT2D eigenvalue weighted by atomic mass is 10.1. The number of amides is 1. The van der Waals surface area contributed by atoms with Gasteiger partial charge in [-0.25, -0.2) is 9.89 Å². The Balaban J connectivity index is 1.56. The molecule has 0 saturated heterocycles. The third-order valence-electron chi connectivity index (χ3n) is 3.82. The van der Waals surface area contributed by atoms with Crippen LogP contribution in [-0.2, 0) is 17.8 Å². The smallest absolute Gasteiger partial charge is 0.325 e. The molecule has 2 N–H and O–H groups in total. The van der Waals surface area contributed by atoms with Gasteiger partial charge in [-0.05, 0) is 36.2 Å². The van der Waals surface area contributed by atoms with Crippen LogP contribution in [0.25, 0.3) is 0 Å². The number of hydrogen-bond donors (Lipinski definition) is 2. The number of carbonyl (C=O) groups excluding carboxylic acids is 1. The van der Waals surface area contributed by atoms with Crippen molar-refractivity contribution in [2.24, 2.45) is 0 Å². The Morgan fingerprint density at radius 3 is 2.63 bits per heavy atom. The van der Waals surface area contributed by atoms with Gasteiger partial charge in [-0.2, -0.15) is 5.26 Å². The van der Waals surface area contributed by atoms with Crippen LogP contribution in [0.4, 0.5) is 5.69 Å². The van der Waals surface area contributed by atoms with Gasteiger partial charge in [0.15, 0.2) is 5.16 Å². The third kappa shape index (κ3) is 5.09. The van der Waals surface area contributed by atoms with Crippen LogP contribution in [0.5, 0.6) is 0 Å². The number of thioether (sulfide) groups is 1. The van der Waals surface area contributed by atoms with Crippen LogP contribution in [0.3, 0.4) is 0 Å². The highest BCUT2D eigenvalue weighted by atomic mass is 32.2. The molecule has 0 aliphatic carbocycles. The Bertz CT molecular complexity index is 1000. The summed E-state index contributed by atoms with van der Waals surface area (Å²) in [5.41, 5.74) is 1.98. The van der Waals surface area contributed by atoms with Gasteiger partial charge in [-0.1, -0.05) is 42.1 Å². The van der Waals surface area contributed by atoms with Crippen LogP contribution < -0.4 is 11.0 Å². The fraction of sp³-hybridized carbons (Fsp3) is 0.158. The number of nitrogens with one attached hydrogen (secondary N) is 2. The van der Waals surface area contributed by atoms with E-state index in [4.69, 9.17) is 5.26 Å². The molecule has 1 heterocycles. The number of nitrogens with zero attached hydrogens (tertiary/aromatic N) is 3. The second kappa shape index (κ2) is 8.87. The largest absolute Gasteiger partial charge is 0.343 e. The van der Waals surface area contributed by atoms with Gasteiger partial charge < -0.3 is 5.32 Å². The average Bonchev–Trinajstić information content (AvgIpc) is 3.05. The topological polar surface area (TPSA) is 104 Å². The molecule has 0 spiro atoms. The normalized spacial score (nSPS) is 10.3. The number of aromatic nitrogens is 3. The van der Waals surface area contributed by atoms with Crippen molar-refractivity contribution < 1.29 is 4.79 Å². The van der Waals surface area contributed by atoms with E-state index in [0.29, 0.717) is 29.4 Å². The average molecular weight is 379 g/mol. The lowest BCUT2D eigenvalue weighted by Gasteiger charge is -2.07. The highest BCUT2D eigenvalue weighted by molar-refractivity contribution is 7.99. The summed E-state index contributed by atoms with van der Waals surface area (Å²) in [5.74, 6) is -0.0925. The van der Waals surface area contributed by atoms with Crippen molar-refractivity contribution in [2.75, 3.05) is 11.1 Å². The van der Waals surface area contributed by atoms with Gasteiger partial charge in [-0.15, -0.1) is 5.10 Å². The molecule has 1 aromatic heterocycles. The highest BCUT2D eigenvalue weighted by Crippen LogP contribution is 2.15. The number of benzene rings is 2. The maximum absolute atomic E-state index is 12.1. The van der Waals surface area contributed by atoms with E-state index in [-0.39, 0.29) is 17.3 Å². The molecule has 1 amide bonds. The molecule has 3 rings (SSSR count). The summed E-state index contributed by atoms with van der Waals surface area (Å²) in [4.78, 5) is 24.1. The third-order valence-corrected chi connectivity index (χ3v) is 4.80. The van der Waals surface area contributed by atoms with E-state index in [2.05, 4.69) is 15.5 Å². The summed E-state index contributed by atoms with van der Waals surface area (Å²) < 4.78 is 1.53. The molecule has 27 heavy (non-hydrogen) atoms. The Hall–Kier alpha value is -3.31. The minimum Gasteiger partial charge on any atom is -0.325 e. The van der Waals surface area contributed by atoms with E-state index in [1.54, 1.807) is 24.3 Å². The van der Waals surface area contributed by atoms with Crippen molar-refractivity contribution in [3.63, 3.8) is 0 Å². The summed E-state index contributed by atoms with van der Waals surface area (Å²) in [7, 11) is 0. The van der Waals surface area contributed by atoms with Crippen molar-refractivity contribution in [3.05, 3.63) is 76.2 Å². The van der Waals surface area contributed by atoms with E-state index in [0.717, 1.165) is 5.56 Å². The Morgan fingerprint density at radius 1 is 1.19 bits per heavy atom. The first-order valence-electron chi connectivity index (χ1n) is 8.27. The van der Waals surface area contributed by atoms with E-state index in [9.17, 15) is 9.59 Å². The number of hydrogen-bond acceptors (Lipinski definition) is 5. The number of rotatable bonds is 7. The fourth-order valence-corrected chi connectivity index (χ4v) is 3.22. The van der Waals surface area contributed by atoms with Crippen molar-refractivity contribution >= 4 is 23.4 Å². The summed E-state index contributed by atoms with van der Waals surface area (Å²) in [6.07, 6.45) is 0.700. The minimum absolute atomic E-state index is 0.121. The quantitative estimate of drug-likeness (QED) is 0.614. The lowest BCUT2D eigenvalue weighted by Crippen LogP contribution is -2.20. The first-order chi connectivity index (χ1) is 13.2. The van der Waals surface area contributed by atoms with Crippen LogP contribution in [0.1, 0.15) is 11.1 Å². The van der Waals surface area contributed by atoms with Crippen molar-refractivity contribution in [3.8, 4) is 6.07 Å². The molecule has 0 aliphatic rings.